The molecule has 0 aliphatic heterocycles. The summed E-state index contributed by atoms with van der Waals surface area (Å²) in [4.78, 5) is 0. The standard InChI is InChI=1S/C11H17Si/c1-9(2)10-5-7-11(8-6-10)12(3)4/h5-8,12H,1-4H3. The maximum Gasteiger partial charge on any atom is 0.0647 e. The molecule has 0 N–H and O–H groups in total. The van der Waals surface area contributed by atoms with Crippen LogP contribution in [0.15, 0.2) is 24.3 Å². The lowest BCUT2D eigenvalue weighted by Gasteiger charge is -2.07. The Morgan fingerprint density at radius 2 is 1.50 bits per heavy atom. The van der Waals surface area contributed by atoms with Crippen molar-refractivity contribution in [3.8, 4) is 0 Å². The SMILES string of the molecule is C[C](C)c1ccc([SiH](C)C)cc1. The van der Waals surface area contributed by atoms with Crippen LogP contribution in [0.5, 0.6) is 0 Å². The maximum absolute atomic E-state index is 2.36. The third-order valence-corrected chi connectivity index (χ3v) is 3.87. The van der Waals surface area contributed by atoms with Crippen molar-refractivity contribution in [1.29, 1.82) is 0 Å². The van der Waals surface area contributed by atoms with Gasteiger partial charge in [0.2, 0.25) is 0 Å². The molecule has 0 saturated carbocycles. The van der Waals surface area contributed by atoms with Gasteiger partial charge in [-0.25, -0.2) is 0 Å². The van der Waals surface area contributed by atoms with Gasteiger partial charge in [-0.05, 0) is 11.5 Å². The topological polar surface area (TPSA) is 0 Å². The van der Waals surface area contributed by atoms with Crippen LogP contribution in [0.4, 0.5) is 0 Å². The zero-order valence-corrected chi connectivity index (χ0v) is 9.54. The fourth-order valence-electron chi connectivity index (χ4n) is 1.20. The number of hydrogen-bond acceptors (Lipinski definition) is 0. The van der Waals surface area contributed by atoms with Gasteiger partial charge in [-0.15, -0.1) is 0 Å². The lowest BCUT2D eigenvalue weighted by atomic mass is 10.0. The van der Waals surface area contributed by atoms with Crippen LogP contribution in [0.25, 0.3) is 0 Å². The van der Waals surface area contributed by atoms with Crippen LogP contribution < -0.4 is 5.19 Å². The predicted molar refractivity (Wildman–Crippen MR) is 58.6 cm³/mol. The zero-order chi connectivity index (χ0) is 9.14. The Morgan fingerprint density at radius 1 is 1.00 bits per heavy atom. The normalized spacial score (nSPS) is 11.2. The average molecular weight is 177 g/mol. The quantitative estimate of drug-likeness (QED) is 0.608. The molecule has 0 nitrogen and oxygen atoms in total. The minimum absolute atomic E-state index is 0.590. The largest absolute Gasteiger partial charge is 0.0682 e. The van der Waals surface area contributed by atoms with Crippen molar-refractivity contribution in [2.45, 2.75) is 26.9 Å². The van der Waals surface area contributed by atoms with E-state index >= 15 is 0 Å². The Morgan fingerprint density at radius 3 is 1.83 bits per heavy atom. The van der Waals surface area contributed by atoms with E-state index in [0.717, 1.165) is 0 Å². The third-order valence-electron chi connectivity index (χ3n) is 2.15. The molecule has 0 saturated heterocycles. The van der Waals surface area contributed by atoms with Gasteiger partial charge in [-0.3, -0.25) is 0 Å². The van der Waals surface area contributed by atoms with E-state index in [0.29, 0.717) is 0 Å². The van der Waals surface area contributed by atoms with Gasteiger partial charge < -0.3 is 0 Å². The summed E-state index contributed by atoms with van der Waals surface area (Å²) in [5.41, 5.74) is 1.37. The van der Waals surface area contributed by atoms with Crippen molar-refractivity contribution in [3.05, 3.63) is 35.7 Å². The van der Waals surface area contributed by atoms with Crippen LogP contribution in [0.1, 0.15) is 19.4 Å². The van der Waals surface area contributed by atoms with Crippen LogP contribution in [-0.4, -0.2) is 8.80 Å². The molecule has 0 bridgehead atoms. The van der Waals surface area contributed by atoms with E-state index in [4.69, 9.17) is 0 Å². The number of rotatable bonds is 2. The van der Waals surface area contributed by atoms with Crippen molar-refractivity contribution in [1.82, 2.24) is 0 Å². The van der Waals surface area contributed by atoms with Gasteiger partial charge in [0.1, 0.15) is 0 Å². The molecule has 1 rings (SSSR count). The second kappa shape index (κ2) is 3.90. The lowest BCUT2D eigenvalue weighted by Crippen LogP contribution is -2.21. The fourth-order valence-corrected chi connectivity index (χ4v) is 2.16. The molecule has 65 valence electrons. The van der Waals surface area contributed by atoms with Gasteiger partial charge in [-0.1, -0.05) is 56.4 Å². The first-order valence-electron chi connectivity index (χ1n) is 4.51. The summed E-state index contributed by atoms with van der Waals surface area (Å²) in [6.07, 6.45) is 0. The highest BCUT2D eigenvalue weighted by Gasteiger charge is 2.01. The first-order valence-corrected chi connectivity index (χ1v) is 7.40. The highest BCUT2D eigenvalue weighted by atomic mass is 28.3. The molecule has 1 aromatic carbocycles. The van der Waals surface area contributed by atoms with Gasteiger partial charge in [-0.2, -0.15) is 0 Å². The van der Waals surface area contributed by atoms with E-state index in [2.05, 4.69) is 51.2 Å². The minimum Gasteiger partial charge on any atom is -0.0682 e. The van der Waals surface area contributed by atoms with Crippen molar-refractivity contribution >= 4 is 14.0 Å². The van der Waals surface area contributed by atoms with Crippen molar-refractivity contribution < 1.29 is 0 Å². The van der Waals surface area contributed by atoms with E-state index in [9.17, 15) is 0 Å². The van der Waals surface area contributed by atoms with Crippen molar-refractivity contribution in [2.75, 3.05) is 0 Å². The predicted octanol–water partition coefficient (Wildman–Crippen LogP) is 2.34. The molecule has 0 aromatic heterocycles. The number of hydrogen-bond donors (Lipinski definition) is 0. The second-order valence-electron chi connectivity index (χ2n) is 3.78. The summed E-state index contributed by atoms with van der Waals surface area (Å²) >= 11 is 0. The van der Waals surface area contributed by atoms with E-state index in [1.165, 1.54) is 11.5 Å². The fraction of sp³-hybridized carbons (Fsp3) is 0.364. The Kier molecular flexibility index (Phi) is 3.10. The lowest BCUT2D eigenvalue weighted by molar-refractivity contribution is 1.15. The average Bonchev–Trinajstić information content (AvgIpc) is 2.04. The Bertz CT molecular complexity index is 207. The molecule has 0 spiro atoms. The van der Waals surface area contributed by atoms with E-state index in [-0.39, 0.29) is 0 Å². The molecule has 12 heavy (non-hydrogen) atoms. The summed E-state index contributed by atoms with van der Waals surface area (Å²) < 4.78 is 0. The van der Waals surface area contributed by atoms with Gasteiger partial charge in [0.25, 0.3) is 0 Å². The third kappa shape index (κ3) is 2.21. The molecule has 1 aromatic rings. The van der Waals surface area contributed by atoms with Gasteiger partial charge in [0.05, 0.1) is 8.80 Å². The first-order chi connectivity index (χ1) is 5.61. The maximum atomic E-state index is 2.36. The smallest absolute Gasteiger partial charge is 0.0647 e. The molecular weight excluding hydrogens is 160 g/mol. The molecule has 1 heteroatoms. The highest BCUT2D eigenvalue weighted by molar-refractivity contribution is 6.70. The second-order valence-corrected chi connectivity index (χ2v) is 6.75. The van der Waals surface area contributed by atoms with Gasteiger partial charge in [0, 0.05) is 0 Å². The molecule has 0 heterocycles. The summed E-state index contributed by atoms with van der Waals surface area (Å²) in [7, 11) is -0.590. The van der Waals surface area contributed by atoms with Crippen LogP contribution in [0.2, 0.25) is 13.1 Å². The van der Waals surface area contributed by atoms with Crippen LogP contribution in [-0.2, 0) is 0 Å². The summed E-state index contributed by atoms with van der Waals surface area (Å²) in [6, 6.07) is 9.02. The monoisotopic (exact) mass is 177 g/mol. The summed E-state index contributed by atoms with van der Waals surface area (Å²) in [5, 5.41) is 1.56. The molecule has 0 aliphatic carbocycles. The number of benzene rings is 1. The highest BCUT2D eigenvalue weighted by Crippen LogP contribution is 2.10. The van der Waals surface area contributed by atoms with E-state index < -0.39 is 8.80 Å². The molecule has 0 amide bonds. The molecule has 0 aliphatic rings. The first kappa shape index (κ1) is 9.52. The molecular formula is C11H17Si. The van der Waals surface area contributed by atoms with Crippen LogP contribution in [0.3, 0.4) is 0 Å². The Balaban J connectivity index is 2.86. The Labute approximate surface area is 77.2 Å². The van der Waals surface area contributed by atoms with Gasteiger partial charge >= 0.3 is 0 Å². The Hall–Kier alpha value is -0.563. The van der Waals surface area contributed by atoms with E-state index in [1.807, 2.05) is 0 Å². The van der Waals surface area contributed by atoms with Gasteiger partial charge in [0.15, 0.2) is 0 Å². The van der Waals surface area contributed by atoms with Crippen molar-refractivity contribution in [3.63, 3.8) is 0 Å². The van der Waals surface area contributed by atoms with Crippen molar-refractivity contribution in [2.24, 2.45) is 0 Å². The van der Waals surface area contributed by atoms with Crippen LogP contribution in [0, 0.1) is 5.92 Å². The van der Waals surface area contributed by atoms with E-state index in [1.54, 1.807) is 5.19 Å². The molecule has 1 radical (unpaired) electrons. The zero-order valence-electron chi connectivity index (χ0n) is 8.39. The summed E-state index contributed by atoms with van der Waals surface area (Å²) in [6.45, 7) is 9.03. The molecule has 0 atom stereocenters. The van der Waals surface area contributed by atoms with Crippen LogP contribution >= 0.6 is 0 Å². The molecule has 0 unspecified atom stereocenters. The minimum atomic E-state index is -0.590. The molecule has 0 fully saturated rings. The summed E-state index contributed by atoms with van der Waals surface area (Å²) in [5.74, 6) is 1.40.